The summed E-state index contributed by atoms with van der Waals surface area (Å²) in [7, 11) is 2.22. The summed E-state index contributed by atoms with van der Waals surface area (Å²) < 4.78 is 2.23. The van der Waals surface area contributed by atoms with Crippen LogP contribution < -0.4 is 5.32 Å². The van der Waals surface area contributed by atoms with E-state index >= 15 is 0 Å². The highest BCUT2D eigenvalue weighted by Gasteiger charge is 2.20. The van der Waals surface area contributed by atoms with E-state index in [-0.39, 0.29) is 0 Å². The van der Waals surface area contributed by atoms with Crippen molar-refractivity contribution in [1.82, 2.24) is 19.8 Å². The van der Waals surface area contributed by atoms with Crippen LogP contribution in [0.3, 0.4) is 0 Å². The van der Waals surface area contributed by atoms with Crippen molar-refractivity contribution >= 4 is 0 Å². The van der Waals surface area contributed by atoms with E-state index in [1.807, 2.05) is 6.33 Å². The molecule has 1 aliphatic rings. The quantitative estimate of drug-likeness (QED) is 0.834. The first-order valence-electron chi connectivity index (χ1n) is 7.06. The third-order valence-electron chi connectivity index (χ3n) is 3.64. The minimum Gasteiger partial charge on any atom is -0.336 e. The van der Waals surface area contributed by atoms with Gasteiger partial charge < -0.3 is 14.8 Å². The number of nitrogens with zero attached hydrogens (tertiary/aromatic N) is 3. The Bertz CT molecular complexity index is 358. The molecule has 1 aliphatic heterocycles. The van der Waals surface area contributed by atoms with Crippen molar-refractivity contribution in [2.24, 2.45) is 5.92 Å². The lowest BCUT2D eigenvalue weighted by atomic mass is 10.2. The van der Waals surface area contributed by atoms with Crippen LogP contribution in [0, 0.1) is 5.92 Å². The second kappa shape index (κ2) is 6.34. The molecule has 1 unspecified atom stereocenters. The van der Waals surface area contributed by atoms with Crippen LogP contribution >= 0.6 is 0 Å². The highest BCUT2D eigenvalue weighted by atomic mass is 15.2. The third-order valence-corrected chi connectivity index (χ3v) is 3.64. The largest absolute Gasteiger partial charge is 0.336 e. The van der Waals surface area contributed by atoms with Crippen LogP contribution in [0.25, 0.3) is 0 Å². The molecule has 1 N–H and O–H groups in total. The minimum atomic E-state index is 0.690. The van der Waals surface area contributed by atoms with Gasteiger partial charge in [0.25, 0.3) is 0 Å². The van der Waals surface area contributed by atoms with Crippen LogP contribution in [-0.2, 0) is 13.1 Å². The van der Waals surface area contributed by atoms with Crippen molar-refractivity contribution in [2.45, 2.75) is 45.8 Å². The van der Waals surface area contributed by atoms with Crippen LogP contribution in [-0.4, -0.2) is 40.6 Å². The second-order valence-electron chi connectivity index (χ2n) is 5.86. The van der Waals surface area contributed by atoms with Gasteiger partial charge in [0.2, 0.25) is 0 Å². The highest BCUT2D eigenvalue weighted by molar-refractivity contribution is 4.97. The molecule has 1 saturated heterocycles. The van der Waals surface area contributed by atoms with Crippen molar-refractivity contribution in [2.75, 3.05) is 20.1 Å². The van der Waals surface area contributed by atoms with E-state index < -0.39 is 0 Å². The maximum Gasteiger partial charge on any atom is 0.0950 e. The molecule has 4 heteroatoms. The lowest BCUT2D eigenvalue weighted by Gasteiger charge is -2.19. The van der Waals surface area contributed by atoms with Crippen LogP contribution in [0.4, 0.5) is 0 Å². The fraction of sp³-hybridized carbons (Fsp3) is 0.786. The Balaban J connectivity index is 1.78. The molecular weight excluding hydrogens is 224 g/mol. The first-order valence-corrected chi connectivity index (χ1v) is 7.06. The average Bonchev–Trinajstić information content (AvgIpc) is 2.90. The Hall–Kier alpha value is -0.870. The molecule has 2 heterocycles. The van der Waals surface area contributed by atoms with Gasteiger partial charge in [0.15, 0.2) is 0 Å². The SMILES string of the molecule is CC(C)CNCc1cn(CC2CCCN2C)cn1. The Labute approximate surface area is 110 Å². The minimum absolute atomic E-state index is 0.690. The van der Waals surface area contributed by atoms with Crippen LogP contribution in [0.1, 0.15) is 32.4 Å². The molecule has 0 saturated carbocycles. The number of rotatable bonds is 6. The van der Waals surface area contributed by atoms with Crippen molar-refractivity contribution in [3.05, 3.63) is 18.2 Å². The van der Waals surface area contributed by atoms with Gasteiger partial charge in [0.05, 0.1) is 12.0 Å². The van der Waals surface area contributed by atoms with E-state index in [4.69, 9.17) is 0 Å². The molecule has 1 aromatic heterocycles. The summed E-state index contributed by atoms with van der Waals surface area (Å²) in [6.07, 6.45) is 6.80. The van der Waals surface area contributed by atoms with Gasteiger partial charge in [-0.25, -0.2) is 4.98 Å². The van der Waals surface area contributed by atoms with Gasteiger partial charge in [-0.3, -0.25) is 0 Å². The molecule has 0 amide bonds. The molecule has 0 aliphatic carbocycles. The van der Waals surface area contributed by atoms with Crippen molar-refractivity contribution < 1.29 is 0 Å². The molecule has 0 spiro atoms. The summed E-state index contributed by atoms with van der Waals surface area (Å²) >= 11 is 0. The van der Waals surface area contributed by atoms with Gasteiger partial charge in [0, 0.05) is 25.3 Å². The predicted molar refractivity (Wildman–Crippen MR) is 74.4 cm³/mol. The van der Waals surface area contributed by atoms with Crippen molar-refractivity contribution in [3.8, 4) is 0 Å². The molecule has 0 aromatic carbocycles. The fourth-order valence-corrected chi connectivity index (χ4v) is 2.54. The highest BCUT2D eigenvalue weighted by Crippen LogP contribution is 2.16. The van der Waals surface area contributed by atoms with E-state index in [1.165, 1.54) is 19.4 Å². The summed E-state index contributed by atoms with van der Waals surface area (Å²) in [5, 5.41) is 3.43. The van der Waals surface area contributed by atoms with Crippen molar-refractivity contribution in [1.29, 1.82) is 0 Å². The molecule has 1 aromatic rings. The van der Waals surface area contributed by atoms with Crippen LogP contribution in [0.5, 0.6) is 0 Å². The van der Waals surface area contributed by atoms with Gasteiger partial charge in [-0.2, -0.15) is 0 Å². The zero-order valence-electron chi connectivity index (χ0n) is 11.9. The summed E-state index contributed by atoms with van der Waals surface area (Å²) in [5.41, 5.74) is 1.15. The van der Waals surface area contributed by atoms with E-state index in [0.717, 1.165) is 25.3 Å². The van der Waals surface area contributed by atoms with E-state index in [9.17, 15) is 0 Å². The molecular formula is C14H26N4. The first kappa shape index (κ1) is 13.6. The van der Waals surface area contributed by atoms with Crippen LogP contribution in [0.15, 0.2) is 12.5 Å². The van der Waals surface area contributed by atoms with E-state index in [2.05, 4.69) is 46.9 Å². The monoisotopic (exact) mass is 250 g/mol. The molecule has 18 heavy (non-hydrogen) atoms. The normalized spacial score (nSPS) is 21.0. The zero-order valence-corrected chi connectivity index (χ0v) is 11.9. The number of hydrogen-bond acceptors (Lipinski definition) is 3. The Morgan fingerprint density at radius 3 is 3.00 bits per heavy atom. The molecule has 1 atom stereocenters. The maximum atomic E-state index is 4.46. The Kier molecular flexibility index (Phi) is 4.78. The molecule has 1 fully saturated rings. The third kappa shape index (κ3) is 3.82. The van der Waals surface area contributed by atoms with E-state index in [0.29, 0.717) is 12.0 Å². The lowest BCUT2D eigenvalue weighted by Crippen LogP contribution is -2.28. The fourth-order valence-electron chi connectivity index (χ4n) is 2.54. The topological polar surface area (TPSA) is 33.1 Å². The number of aromatic nitrogens is 2. The summed E-state index contributed by atoms with van der Waals surface area (Å²) in [4.78, 5) is 6.92. The van der Waals surface area contributed by atoms with Gasteiger partial charge in [-0.15, -0.1) is 0 Å². The first-order chi connectivity index (χ1) is 8.65. The number of imidazole rings is 1. The summed E-state index contributed by atoms with van der Waals surface area (Å²) in [6.45, 7) is 8.70. The number of likely N-dealkylation sites (N-methyl/N-ethyl adjacent to an activating group) is 1. The molecule has 2 rings (SSSR count). The Morgan fingerprint density at radius 2 is 2.33 bits per heavy atom. The molecule has 0 radical (unpaired) electrons. The lowest BCUT2D eigenvalue weighted by molar-refractivity contribution is 0.282. The number of nitrogens with one attached hydrogen (secondary N) is 1. The standard InChI is InChI=1S/C14H26N4/c1-12(2)7-15-8-13-9-18(11-16-13)10-14-5-4-6-17(14)3/h9,11-12,14-15H,4-8,10H2,1-3H3. The number of hydrogen-bond donors (Lipinski definition) is 1. The average molecular weight is 250 g/mol. The summed E-state index contributed by atoms with van der Waals surface area (Å²) in [5.74, 6) is 0.694. The maximum absolute atomic E-state index is 4.46. The van der Waals surface area contributed by atoms with E-state index in [1.54, 1.807) is 0 Å². The Morgan fingerprint density at radius 1 is 1.50 bits per heavy atom. The molecule has 0 bridgehead atoms. The second-order valence-corrected chi connectivity index (χ2v) is 5.86. The van der Waals surface area contributed by atoms with Crippen LogP contribution in [0.2, 0.25) is 0 Å². The van der Waals surface area contributed by atoms with Crippen molar-refractivity contribution in [3.63, 3.8) is 0 Å². The number of likely N-dealkylation sites (tertiary alicyclic amines) is 1. The predicted octanol–water partition coefficient (Wildman–Crippen LogP) is 1.72. The molecule has 102 valence electrons. The van der Waals surface area contributed by atoms with Gasteiger partial charge in [-0.1, -0.05) is 13.8 Å². The smallest absolute Gasteiger partial charge is 0.0950 e. The summed E-state index contributed by atoms with van der Waals surface area (Å²) in [6, 6.07) is 0.690. The zero-order chi connectivity index (χ0) is 13.0. The van der Waals surface area contributed by atoms with Gasteiger partial charge in [-0.05, 0) is 38.9 Å². The molecule has 4 nitrogen and oxygen atoms in total. The van der Waals surface area contributed by atoms with Gasteiger partial charge in [0.1, 0.15) is 0 Å². The van der Waals surface area contributed by atoms with Gasteiger partial charge >= 0.3 is 0 Å².